The molecule has 25 heavy (non-hydrogen) atoms. The van der Waals surface area contributed by atoms with Gasteiger partial charge in [-0.2, -0.15) is 0 Å². The van der Waals surface area contributed by atoms with Crippen LogP contribution in [0.2, 0.25) is 0 Å². The SMILES string of the molecule is CC(C)C[C@H](NC(=O)OC1CCN(C(=O)OC(C)(C)C)CC1)C(=O)O. The molecule has 0 radical (unpaired) electrons. The molecule has 1 fully saturated rings. The normalized spacial score (nSPS) is 17.1. The average Bonchev–Trinajstić information content (AvgIpc) is 2.44. The molecule has 8 nitrogen and oxygen atoms in total. The molecule has 1 aliphatic heterocycles. The van der Waals surface area contributed by atoms with Crippen molar-refractivity contribution >= 4 is 18.2 Å². The van der Waals surface area contributed by atoms with Gasteiger partial charge in [-0.1, -0.05) is 13.8 Å². The molecule has 1 rings (SSSR count). The maximum atomic E-state index is 12.0. The van der Waals surface area contributed by atoms with Crippen LogP contribution < -0.4 is 5.32 Å². The maximum absolute atomic E-state index is 12.0. The van der Waals surface area contributed by atoms with Gasteiger partial charge in [0.05, 0.1) is 0 Å². The number of ether oxygens (including phenoxy) is 2. The molecule has 0 spiro atoms. The van der Waals surface area contributed by atoms with Crippen LogP contribution >= 0.6 is 0 Å². The molecule has 0 aliphatic carbocycles. The molecule has 1 aliphatic rings. The lowest BCUT2D eigenvalue weighted by Crippen LogP contribution is -2.46. The summed E-state index contributed by atoms with van der Waals surface area (Å²) < 4.78 is 10.6. The highest BCUT2D eigenvalue weighted by Crippen LogP contribution is 2.17. The van der Waals surface area contributed by atoms with Crippen LogP contribution in [-0.4, -0.2) is 59.0 Å². The molecule has 0 aromatic carbocycles. The third-order valence-electron chi connectivity index (χ3n) is 3.66. The van der Waals surface area contributed by atoms with E-state index >= 15 is 0 Å². The van der Waals surface area contributed by atoms with E-state index < -0.39 is 23.7 Å². The molecular formula is C17H30N2O6. The number of rotatable bonds is 5. The summed E-state index contributed by atoms with van der Waals surface area (Å²) in [4.78, 5) is 36.6. The van der Waals surface area contributed by atoms with E-state index in [1.165, 1.54) is 0 Å². The number of amides is 2. The fraction of sp³-hybridized carbons (Fsp3) is 0.824. The molecule has 0 bridgehead atoms. The lowest BCUT2D eigenvalue weighted by molar-refractivity contribution is -0.139. The van der Waals surface area contributed by atoms with Gasteiger partial charge < -0.3 is 24.8 Å². The Labute approximate surface area is 148 Å². The van der Waals surface area contributed by atoms with E-state index in [1.807, 2.05) is 13.8 Å². The van der Waals surface area contributed by atoms with Crippen LogP contribution in [0.1, 0.15) is 53.9 Å². The molecule has 0 aromatic heterocycles. The number of alkyl carbamates (subject to hydrolysis) is 1. The van der Waals surface area contributed by atoms with E-state index in [-0.39, 0.29) is 18.1 Å². The van der Waals surface area contributed by atoms with E-state index in [1.54, 1.807) is 25.7 Å². The summed E-state index contributed by atoms with van der Waals surface area (Å²) in [6, 6.07) is -0.964. The van der Waals surface area contributed by atoms with E-state index in [9.17, 15) is 14.4 Å². The third-order valence-corrected chi connectivity index (χ3v) is 3.66. The monoisotopic (exact) mass is 358 g/mol. The first-order chi connectivity index (χ1) is 11.5. The largest absolute Gasteiger partial charge is 0.480 e. The van der Waals surface area contributed by atoms with E-state index in [4.69, 9.17) is 14.6 Å². The molecule has 144 valence electrons. The van der Waals surface area contributed by atoms with E-state index in [0.29, 0.717) is 32.4 Å². The highest BCUT2D eigenvalue weighted by atomic mass is 16.6. The standard InChI is InChI=1S/C17H30N2O6/c1-11(2)10-13(14(20)21)18-15(22)24-12-6-8-19(9-7-12)16(23)25-17(3,4)5/h11-13H,6-10H2,1-5H3,(H,18,22)(H,20,21)/t13-/m0/s1. The number of nitrogens with one attached hydrogen (secondary N) is 1. The number of nitrogens with zero attached hydrogens (tertiary/aromatic N) is 1. The van der Waals surface area contributed by atoms with Crippen molar-refractivity contribution in [3.05, 3.63) is 0 Å². The Hall–Kier alpha value is -1.99. The van der Waals surface area contributed by atoms with Gasteiger partial charge in [-0.15, -0.1) is 0 Å². The molecular weight excluding hydrogens is 328 g/mol. The fourth-order valence-corrected chi connectivity index (χ4v) is 2.50. The molecule has 1 heterocycles. The number of hydrogen-bond donors (Lipinski definition) is 2. The Morgan fingerprint density at radius 2 is 1.76 bits per heavy atom. The van der Waals surface area contributed by atoms with Crippen molar-refractivity contribution in [3.8, 4) is 0 Å². The molecule has 2 N–H and O–H groups in total. The van der Waals surface area contributed by atoms with Crippen molar-refractivity contribution in [2.75, 3.05) is 13.1 Å². The number of hydrogen-bond acceptors (Lipinski definition) is 5. The van der Waals surface area contributed by atoms with Crippen molar-refractivity contribution in [1.29, 1.82) is 0 Å². The third kappa shape index (κ3) is 8.09. The quantitative estimate of drug-likeness (QED) is 0.783. The van der Waals surface area contributed by atoms with Crippen LogP contribution in [0.4, 0.5) is 9.59 Å². The first kappa shape index (κ1) is 21.1. The van der Waals surface area contributed by atoms with Crippen molar-refractivity contribution in [2.24, 2.45) is 5.92 Å². The van der Waals surface area contributed by atoms with Gasteiger partial charge in [0.25, 0.3) is 0 Å². The van der Waals surface area contributed by atoms with Gasteiger partial charge in [0.15, 0.2) is 0 Å². The lowest BCUT2D eigenvalue weighted by Gasteiger charge is -2.33. The van der Waals surface area contributed by atoms with Crippen LogP contribution in [0.5, 0.6) is 0 Å². The van der Waals surface area contributed by atoms with Crippen LogP contribution in [0.25, 0.3) is 0 Å². The Morgan fingerprint density at radius 1 is 1.20 bits per heavy atom. The Kier molecular flexibility index (Phi) is 7.51. The maximum Gasteiger partial charge on any atom is 0.410 e. The first-order valence-electron chi connectivity index (χ1n) is 8.66. The summed E-state index contributed by atoms with van der Waals surface area (Å²) in [6.45, 7) is 10.1. The number of carbonyl (C=O) groups is 3. The second kappa shape index (κ2) is 8.92. The van der Waals surface area contributed by atoms with E-state index in [0.717, 1.165) is 0 Å². The molecule has 8 heteroatoms. The number of carboxylic acid groups (broad SMARTS) is 1. The van der Waals surface area contributed by atoms with Gasteiger partial charge in [0, 0.05) is 25.9 Å². The molecule has 0 aromatic rings. The van der Waals surface area contributed by atoms with Crippen molar-refractivity contribution in [1.82, 2.24) is 10.2 Å². The number of aliphatic carboxylic acids is 1. The number of carbonyl (C=O) groups excluding carboxylic acids is 2. The number of likely N-dealkylation sites (tertiary alicyclic amines) is 1. The second-order valence-electron chi connectivity index (χ2n) is 7.74. The van der Waals surface area contributed by atoms with Crippen molar-refractivity contribution in [3.63, 3.8) is 0 Å². The summed E-state index contributed by atoms with van der Waals surface area (Å²) in [5.41, 5.74) is -0.549. The van der Waals surface area contributed by atoms with Crippen LogP contribution in [-0.2, 0) is 14.3 Å². The van der Waals surface area contributed by atoms with Crippen LogP contribution in [0, 0.1) is 5.92 Å². The minimum absolute atomic E-state index is 0.137. The number of carboxylic acids is 1. The average molecular weight is 358 g/mol. The summed E-state index contributed by atoms with van der Waals surface area (Å²) in [6.07, 6.45) is -0.126. The van der Waals surface area contributed by atoms with Gasteiger partial charge in [0.1, 0.15) is 17.7 Å². The minimum atomic E-state index is -1.08. The molecule has 0 unspecified atom stereocenters. The highest BCUT2D eigenvalue weighted by molar-refractivity contribution is 5.79. The zero-order chi connectivity index (χ0) is 19.2. The summed E-state index contributed by atoms with van der Waals surface area (Å²) in [5.74, 6) is -0.941. The second-order valence-corrected chi connectivity index (χ2v) is 7.74. The zero-order valence-corrected chi connectivity index (χ0v) is 15.7. The van der Waals surface area contributed by atoms with E-state index in [2.05, 4.69) is 5.32 Å². The summed E-state index contributed by atoms with van der Waals surface area (Å²) in [7, 11) is 0. The zero-order valence-electron chi connectivity index (χ0n) is 15.7. The first-order valence-corrected chi connectivity index (χ1v) is 8.66. The van der Waals surface area contributed by atoms with Gasteiger partial charge >= 0.3 is 18.2 Å². The van der Waals surface area contributed by atoms with Gasteiger partial charge in [-0.25, -0.2) is 14.4 Å². The fourth-order valence-electron chi connectivity index (χ4n) is 2.50. The molecule has 2 amide bonds. The van der Waals surface area contributed by atoms with Crippen molar-refractivity contribution in [2.45, 2.75) is 71.6 Å². The van der Waals surface area contributed by atoms with Gasteiger partial charge in [-0.05, 0) is 33.1 Å². The molecule has 1 saturated heterocycles. The summed E-state index contributed by atoms with van der Waals surface area (Å²) >= 11 is 0. The minimum Gasteiger partial charge on any atom is -0.480 e. The Balaban J connectivity index is 2.41. The molecule has 0 saturated carbocycles. The Bertz CT molecular complexity index is 478. The predicted octanol–water partition coefficient (Wildman–Crippen LogP) is 2.61. The lowest BCUT2D eigenvalue weighted by atomic mass is 10.0. The van der Waals surface area contributed by atoms with Crippen LogP contribution in [0.15, 0.2) is 0 Å². The topological polar surface area (TPSA) is 105 Å². The highest BCUT2D eigenvalue weighted by Gasteiger charge is 2.29. The smallest absolute Gasteiger partial charge is 0.410 e. The van der Waals surface area contributed by atoms with Gasteiger partial charge in [-0.3, -0.25) is 0 Å². The summed E-state index contributed by atoms with van der Waals surface area (Å²) in [5, 5.41) is 11.5. The van der Waals surface area contributed by atoms with Gasteiger partial charge in [0.2, 0.25) is 0 Å². The number of piperidine rings is 1. The van der Waals surface area contributed by atoms with Crippen molar-refractivity contribution < 1.29 is 29.0 Å². The molecule has 1 atom stereocenters. The Morgan fingerprint density at radius 3 is 2.20 bits per heavy atom. The predicted molar refractivity (Wildman–Crippen MR) is 91.3 cm³/mol. The van der Waals surface area contributed by atoms with Crippen LogP contribution in [0.3, 0.4) is 0 Å².